The van der Waals surface area contributed by atoms with Gasteiger partial charge in [-0.2, -0.15) is 0 Å². The number of nitrogens with zero attached hydrogens (tertiary/aromatic N) is 1. The minimum absolute atomic E-state index is 0.272. The number of imidazole rings is 1. The molecular weight excluding hydrogens is 387 g/mol. The number of aromatic amines is 1. The maximum absolute atomic E-state index is 12.5. The number of anilines is 1. The third kappa shape index (κ3) is 4.18. The van der Waals surface area contributed by atoms with Crippen molar-refractivity contribution in [2.24, 2.45) is 0 Å². The Morgan fingerprint density at radius 2 is 1.89 bits per heavy atom. The number of halogens is 2. The van der Waals surface area contributed by atoms with E-state index in [-0.39, 0.29) is 11.7 Å². The number of rotatable bonds is 4. The summed E-state index contributed by atoms with van der Waals surface area (Å²) in [5.74, 6) is 0. The lowest BCUT2D eigenvalue weighted by atomic mass is 10.1. The van der Waals surface area contributed by atoms with Crippen molar-refractivity contribution < 1.29 is 4.79 Å². The van der Waals surface area contributed by atoms with E-state index < -0.39 is 6.03 Å². The first kappa shape index (κ1) is 19.1. The van der Waals surface area contributed by atoms with Crippen molar-refractivity contribution >= 4 is 34.9 Å². The fourth-order valence-electron chi connectivity index (χ4n) is 2.75. The Kier molecular flexibility index (Phi) is 5.58. The number of aryl methyl sites for hydroxylation is 1. The summed E-state index contributed by atoms with van der Waals surface area (Å²) < 4.78 is 1.50. The van der Waals surface area contributed by atoms with E-state index in [1.165, 1.54) is 4.57 Å². The van der Waals surface area contributed by atoms with E-state index in [0.717, 1.165) is 11.3 Å². The van der Waals surface area contributed by atoms with E-state index in [9.17, 15) is 9.59 Å². The second-order valence-electron chi connectivity index (χ2n) is 6.08. The highest BCUT2D eigenvalue weighted by atomic mass is 35.5. The van der Waals surface area contributed by atoms with Crippen molar-refractivity contribution in [2.45, 2.75) is 19.9 Å². The molecule has 2 aromatic carbocycles. The average molecular weight is 405 g/mol. The molecule has 0 radical (unpaired) electrons. The van der Waals surface area contributed by atoms with Gasteiger partial charge in [-0.3, -0.25) is 4.57 Å². The van der Waals surface area contributed by atoms with Gasteiger partial charge in [0.05, 0.1) is 27.5 Å². The zero-order valence-corrected chi connectivity index (χ0v) is 16.2. The van der Waals surface area contributed by atoms with Crippen molar-refractivity contribution in [2.75, 3.05) is 5.32 Å². The summed E-state index contributed by atoms with van der Waals surface area (Å²) in [5.41, 5.74) is 2.38. The summed E-state index contributed by atoms with van der Waals surface area (Å²) in [6, 6.07) is 11.6. The maximum Gasteiger partial charge on any atom is 0.330 e. The molecule has 0 saturated carbocycles. The normalized spacial score (nSPS) is 11.9. The molecule has 0 aliphatic rings. The summed E-state index contributed by atoms with van der Waals surface area (Å²) >= 11 is 12.0. The van der Waals surface area contributed by atoms with E-state index >= 15 is 0 Å². The van der Waals surface area contributed by atoms with Gasteiger partial charge in [0.1, 0.15) is 0 Å². The Morgan fingerprint density at radius 3 is 2.56 bits per heavy atom. The monoisotopic (exact) mass is 404 g/mol. The maximum atomic E-state index is 12.5. The molecule has 1 aromatic heterocycles. The number of amides is 2. The standard InChI is InChI=1S/C19H18Cl2N4O2/c1-11-10-22-19(27)25(11)17-6-4-3-5-16(17)24-18(26)23-12(2)13-7-8-14(20)15(21)9-13/h3-10,12H,1-2H3,(H,22,27)(H2,23,24,26). The van der Waals surface area contributed by atoms with Gasteiger partial charge < -0.3 is 15.6 Å². The molecular formula is C19H18Cl2N4O2. The molecule has 1 heterocycles. The Hall–Kier alpha value is -2.70. The summed E-state index contributed by atoms with van der Waals surface area (Å²) in [5, 5.41) is 6.53. The number of hydrogen-bond acceptors (Lipinski definition) is 2. The molecule has 6 nitrogen and oxygen atoms in total. The average Bonchev–Trinajstić information content (AvgIpc) is 2.96. The molecule has 0 bridgehead atoms. The smallest absolute Gasteiger partial charge is 0.330 e. The van der Waals surface area contributed by atoms with Crippen LogP contribution in [0, 0.1) is 6.92 Å². The Morgan fingerprint density at radius 1 is 1.15 bits per heavy atom. The fraction of sp³-hybridized carbons (Fsp3) is 0.158. The van der Waals surface area contributed by atoms with E-state index in [0.29, 0.717) is 21.4 Å². The van der Waals surface area contributed by atoms with Crippen LogP contribution in [0.5, 0.6) is 0 Å². The van der Waals surface area contributed by atoms with Gasteiger partial charge in [-0.15, -0.1) is 0 Å². The molecule has 0 fully saturated rings. The lowest BCUT2D eigenvalue weighted by Crippen LogP contribution is -2.31. The molecule has 27 heavy (non-hydrogen) atoms. The molecule has 0 aliphatic carbocycles. The van der Waals surface area contributed by atoms with Gasteiger partial charge in [-0.1, -0.05) is 41.4 Å². The number of hydrogen-bond donors (Lipinski definition) is 3. The van der Waals surface area contributed by atoms with E-state index in [2.05, 4.69) is 15.6 Å². The second-order valence-corrected chi connectivity index (χ2v) is 6.90. The van der Waals surface area contributed by atoms with E-state index in [1.54, 1.807) is 55.6 Å². The molecule has 0 saturated heterocycles. The zero-order chi connectivity index (χ0) is 19.6. The van der Waals surface area contributed by atoms with Crippen LogP contribution in [0.15, 0.2) is 53.5 Å². The Labute approximate surface area is 166 Å². The number of carbonyl (C=O) groups excluding carboxylic acids is 1. The minimum Gasteiger partial charge on any atom is -0.331 e. The fourth-order valence-corrected chi connectivity index (χ4v) is 3.06. The van der Waals surface area contributed by atoms with Crippen molar-refractivity contribution in [1.82, 2.24) is 14.9 Å². The van der Waals surface area contributed by atoms with Crippen LogP contribution in [0.25, 0.3) is 5.69 Å². The van der Waals surface area contributed by atoms with Gasteiger partial charge in [-0.25, -0.2) is 9.59 Å². The van der Waals surface area contributed by atoms with Crippen molar-refractivity contribution in [3.05, 3.63) is 80.4 Å². The number of benzene rings is 2. The molecule has 140 valence electrons. The highest BCUT2D eigenvalue weighted by Gasteiger charge is 2.14. The summed E-state index contributed by atoms with van der Waals surface area (Å²) in [7, 11) is 0. The molecule has 0 aliphatic heterocycles. The number of H-pyrrole nitrogens is 1. The molecule has 1 unspecified atom stereocenters. The topological polar surface area (TPSA) is 78.9 Å². The van der Waals surface area contributed by atoms with Gasteiger partial charge in [0, 0.05) is 11.9 Å². The first-order valence-electron chi connectivity index (χ1n) is 8.25. The lowest BCUT2D eigenvalue weighted by Gasteiger charge is -2.17. The molecule has 3 N–H and O–H groups in total. The van der Waals surface area contributed by atoms with Crippen LogP contribution in [-0.2, 0) is 0 Å². The van der Waals surface area contributed by atoms with Gasteiger partial charge in [0.15, 0.2) is 0 Å². The number of carbonyl (C=O) groups is 1. The summed E-state index contributed by atoms with van der Waals surface area (Å²) in [4.78, 5) is 27.2. The predicted molar refractivity (Wildman–Crippen MR) is 108 cm³/mol. The molecule has 3 aromatic rings. The van der Waals surface area contributed by atoms with Gasteiger partial charge in [-0.05, 0) is 43.7 Å². The molecule has 1 atom stereocenters. The SMILES string of the molecule is Cc1c[nH]c(=O)n1-c1ccccc1NC(=O)NC(C)c1ccc(Cl)c(Cl)c1. The van der Waals surface area contributed by atoms with Crippen LogP contribution in [0.3, 0.4) is 0 Å². The predicted octanol–water partition coefficient (Wildman–Crippen LogP) is 4.66. The summed E-state index contributed by atoms with van der Waals surface area (Å²) in [6.07, 6.45) is 1.62. The number of aromatic nitrogens is 2. The van der Waals surface area contributed by atoms with Crippen LogP contribution in [-0.4, -0.2) is 15.6 Å². The van der Waals surface area contributed by atoms with Crippen LogP contribution >= 0.6 is 23.2 Å². The van der Waals surface area contributed by atoms with Gasteiger partial charge in [0.25, 0.3) is 0 Å². The Bertz CT molecular complexity index is 1040. The molecule has 3 rings (SSSR count). The van der Waals surface area contributed by atoms with E-state index in [4.69, 9.17) is 23.2 Å². The zero-order valence-electron chi connectivity index (χ0n) is 14.7. The van der Waals surface area contributed by atoms with Crippen LogP contribution in [0.2, 0.25) is 10.0 Å². The largest absolute Gasteiger partial charge is 0.331 e. The van der Waals surface area contributed by atoms with Crippen molar-refractivity contribution in [3.8, 4) is 5.69 Å². The number of nitrogens with one attached hydrogen (secondary N) is 3. The van der Waals surface area contributed by atoms with Crippen LogP contribution in [0.4, 0.5) is 10.5 Å². The van der Waals surface area contributed by atoms with Crippen molar-refractivity contribution in [1.29, 1.82) is 0 Å². The molecule has 8 heteroatoms. The first-order chi connectivity index (χ1) is 12.9. The van der Waals surface area contributed by atoms with Gasteiger partial charge in [0.2, 0.25) is 0 Å². The Balaban J connectivity index is 1.79. The minimum atomic E-state index is -0.401. The summed E-state index contributed by atoms with van der Waals surface area (Å²) in [6.45, 7) is 3.65. The highest BCUT2D eigenvalue weighted by molar-refractivity contribution is 6.42. The van der Waals surface area contributed by atoms with Crippen LogP contribution in [0.1, 0.15) is 24.2 Å². The molecule has 2 amide bonds. The lowest BCUT2D eigenvalue weighted by molar-refractivity contribution is 0.249. The van der Waals surface area contributed by atoms with E-state index in [1.807, 2.05) is 6.92 Å². The van der Waals surface area contributed by atoms with Crippen molar-refractivity contribution in [3.63, 3.8) is 0 Å². The van der Waals surface area contributed by atoms with Crippen LogP contribution < -0.4 is 16.3 Å². The third-order valence-electron chi connectivity index (χ3n) is 4.14. The highest BCUT2D eigenvalue weighted by Crippen LogP contribution is 2.26. The number of para-hydroxylation sites is 2. The quantitative estimate of drug-likeness (QED) is 0.590. The number of urea groups is 1. The van der Waals surface area contributed by atoms with Gasteiger partial charge >= 0.3 is 11.7 Å². The third-order valence-corrected chi connectivity index (χ3v) is 4.88. The first-order valence-corrected chi connectivity index (χ1v) is 9.01. The second kappa shape index (κ2) is 7.90. The molecule has 0 spiro atoms.